The first-order valence-corrected chi connectivity index (χ1v) is 51.4. The van der Waals surface area contributed by atoms with Gasteiger partial charge in [0.25, 0.3) is 0 Å². The highest BCUT2D eigenvalue weighted by molar-refractivity contribution is 5.98. The van der Waals surface area contributed by atoms with Crippen molar-refractivity contribution < 1.29 is 43.1 Å². The molecule has 0 spiro atoms. The molecule has 0 atom stereocenters. The fourth-order valence-electron chi connectivity index (χ4n) is 20.1. The molecule has 10 fully saturated rings. The number of hydrogen-bond acceptors (Lipinski definition) is 17. The van der Waals surface area contributed by atoms with Gasteiger partial charge in [-0.25, -0.2) is 0 Å². The van der Waals surface area contributed by atoms with Crippen LogP contribution in [-0.4, -0.2) is 236 Å². The van der Waals surface area contributed by atoms with E-state index in [0.717, 1.165) is 161 Å². The summed E-state index contributed by atoms with van der Waals surface area (Å²) in [4.78, 5) is 112. The van der Waals surface area contributed by atoms with Gasteiger partial charge < -0.3 is 25.2 Å². The molecule has 0 amide bonds. The summed E-state index contributed by atoms with van der Waals surface area (Å²) in [6.45, 7) is 39.0. The van der Waals surface area contributed by atoms with E-state index in [2.05, 4.69) is 294 Å². The van der Waals surface area contributed by atoms with Crippen LogP contribution in [0.5, 0.6) is 0 Å². The normalized spacial score (nSPS) is 18.7. The van der Waals surface area contributed by atoms with E-state index in [9.17, 15) is 38.4 Å². The van der Waals surface area contributed by atoms with Crippen LogP contribution in [0, 0.1) is 55.4 Å². The Kier molecular flexibility index (Phi) is 38.9. The van der Waals surface area contributed by atoms with Crippen molar-refractivity contribution in [3.05, 3.63) is 283 Å². The molecule has 17 nitrogen and oxygen atoms in total. The zero-order valence-electron chi connectivity index (χ0n) is 86.7. The van der Waals surface area contributed by atoms with Gasteiger partial charge in [-0.15, -0.1) is 0 Å². The van der Waals surface area contributed by atoms with Crippen LogP contribution in [0.25, 0.3) is 0 Å². The van der Waals surface area contributed by atoms with Crippen LogP contribution in [0.4, 0.5) is 0 Å². The number of nitrogens with zero attached hydrogens (tertiary/aromatic N) is 6. The number of rotatable bonds is 34. The van der Waals surface area contributed by atoms with Crippen LogP contribution >= 0.6 is 0 Å². The monoisotopic (exact) mass is 1860 g/mol. The summed E-state index contributed by atoms with van der Waals surface area (Å²) in [7, 11) is 11.5. The van der Waals surface area contributed by atoms with E-state index in [1.54, 1.807) is 0 Å². The number of ketones is 8. The van der Waals surface area contributed by atoms with Gasteiger partial charge in [0.15, 0.2) is 46.3 Å². The quantitative estimate of drug-likeness (QED) is 0.0387. The van der Waals surface area contributed by atoms with E-state index in [1.165, 1.54) is 122 Å². The molecule has 3 saturated heterocycles. The molecular weight excluding hydrogens is 1700 g/mol. The molecule has 2 N–H and O–H groups in total. The molecule has 7 aliphatic carbocycles. The Balaban J connectivity index is 0.000000150. The van der Waals surface area contributed by atoms with Crippen LogP contribution in [0.3, 0.4) is 0 Å². The minimum absolute atomic E-state index is 0.129. The van der Waals surface area contributed by atoms with E-state index >= 15 is 0 Å². The lowest BCUT2D eigenvalue weighted by molar-refractivity contribution is -0.128. The maximum Gasteiger partial charge on any atom is 0.157 e. The number of Topliss-reactive ketones (excluding diaryl/α,β-unsaturated/α-hetero) is 8. The summed E-state index contributed by atoms with van der Waals surface area (Å²) in [5.41, 5.74) is 18.1. The molecule has 0 radical (unpaired) electrons. The molecule has 0 aromatic heterocycles. The first-order chi connectivity index (χ1) is 65.5. The Morgan fingerprint density at radius 3 is 0.745 bits per heavy atom. The van der Waals surface area contributed by atoms with Gasteiger partial charge in [0.05, 0.1) is 103 Å². The van der Waals surface area contributed by atoms with Crippen LogP contribution in [0.1, 0.15) is 245 Å². The standard InChI is InChI=1S/C16H21NO2.C16H21NO.2C16H23NO.C15H21NO.2C14H19NO.C13H17NO/c1-13-2-4-14(5-3-13)16(6-7-16)15(18)12-17-8-10-19-11-9-17;1-13-4-6-14(7-5-13)16(8-9-16)15(18)12-17-10-2-3-11-17;1-13-6-8-14(9-7-13)16(2,3)15(18)12-17-10-4-5-11-17;1-4-17(5-2)12-15(18)16(10-11-16)14-8-6-13(3)7-9-14;1-12-5-7-13(8-6-12)15(9-4-10-15)14(17)11-16(2)3;1-11-4-6-12(7-5-11)14(8-9-14)13(16)10-15(2)3;1-11-4-6-12(7-5-11)14(8-3-9-14)13(16)10-15-2;1-10-3-5-11(6-4-10)13(7-8-13)12(15)9-14-2/h2-5H,6-12H2,1H3;4-7H,2-3,8-12H2,1H3;2*6-9H,4-5,10-12H2,1-3H3;5-8H,4,9-11H2,1-3H3;4-7H,8-10H2,1-3H3;4-7,15H,3,8-10H2,1-2H3;3-6,14H,7-9H2,1-2H3. The van der Waals surface area contributed by atoms with E-state index in [-0.39, 0.29) is 43.3 Å². The number of aryl methyl sites for hydroxylation is 8. The number of likely N-dealkylation sites (N-methyl/N-ethyl adjacent to an activating group) is 5. The number of nitrogens with one attached hydrogen (secondary N) is 2. The Labute approximate surface area is 822 Å². The molecule has 7 saturated carbocycles. The number of morpholine rings is 1. The summed E-state index contributed by atoms with van der Waals surface area (Å²) in [5, 5.41) is 5.92. The van der Waals surface area contributed by atoms with Crippen LogP contribution in [-0.2, 0) is 86.4 Å². The fourth-order valence-corrected chi connectivity index (χ4v) is 20.1. The highest BCUT2D eigenvalue weighted by atomic mass is 16.5. The van der Waals surface area contributed by atoms with E-state index in [0.29, 0.717) is 98.6 Å². The Morgan fingerprint density at radius 1 is 0.292 bits per heavy atom. The highest BCUT2D eigenvalue weighted by Gasteiger charge is 2.55. The summed E-state index contributed by atoms with van der Waals surface area (Å²) < 4.78 is 5.33. The lowest BCUT2D eigenvalue weighted by Crippen LogP contribution is -2.46. The Bertz CT molecular complexity index is 5050. The number of benzene rings is 8. The van der Waals surface area contributed by atoms with Crippen LogP contribution < -0.4 is 10.6 Å². The second kappa shape index (κ2) is 49.2. The molecule has 0 unspecified atom stereocenters. The predicted octanol–water partition coefficient (Wildman–Crippen LogP) is 19.2. The van der Waals surface area contributed by atoms with Gasteiger partial charge in [-0.1, -0.05) is 265 Å². The SMILES string of the molecule is CCN(CC)CC(=O)C1(c2ccc(C)cc2)CC1.CNCC(=O)C1(c2ccc(C)cc2)CC1.CNCC(=O)C1(c2ccc(C)cc2)CCC1.Cc1ccc(C(C)(C)C(=O)CN2CCCC2)cc1.Cc1ccc(C2(C(=O)CN(C)C)CC2)cc1.Cc1ccc(C2(C(=O)CN(C)C)CCC2)cc1.Cc1ccc(C2(C(=O)CN3CCCC3)CC2)cc1.Cc1ccc(C2(C(=O)CN3CCOCC3)CC2)cc1. The lowest BCUT2D eigenvalue weighted by Gasteiger charge is -2.41. The zero-order valence-corrected chi connectivity index (χ0v) is 86.7. The van der Waals surface area contributed by atoms with Crippen molar-refractivity contribution in [1.82, 2.24) is 40.0 Å². The third-order valence-electron chi connectivity index (χ3n) is 31.1. The van der Waals surface area contributed by atoms with Crippen LogP contribution in [0.2, 0.25) is 0 Å². The first-order valence-electron chi connectivity index (χ1n) is 51.4. The van der Waals surface area contributed by atoms with E-state index in [1.807, 2.05) is 65.9 Å². The Morgan fingerprint density at radius 2 is 0.511 bits per heavy atom. The molecule has 137 heavy (non-hydrogen) atoms. The van der Waals surface area contributed by atoms with Crippen molar-refractivity contribution in [3.8, 4) is 0 Å². The number of hydrogen-bond donors (Lipinski definition) is 2. The van der Waals surface area contributed by atoms with Crippen molar-refractivity contribution in [3.63, 3.8) is 0 Å². The molecule has 17 heteroatoms. The average Bonchev–Trinajstić information content (AvgIpc) is 1.49. The third kappa shape index (κ3) is 28.4. The third-order valence-corrected chi connectivity index (χ3v) is 31.1. The molecule has 18 rings (SSSR count). The smallest absolute Gasteiger partial charge is 0.157 e. The van der Waals surface area contributed by atoms with Gasteiger partial charge in [-0.2, -0.15) is 0 Å². The highest BCUT2D eigenvalue weighted by Crippen LogP contribution is 2.54. The van der Waals surface area contributed by atoms with E-state index in [4.69, 9.17) is 4.74 Å². The van der Waals surface area contributed by atoms with Gasteiger partial charge >= 0.3 is 0 Å². The van der Waals surface area contributed by atoms with Crippen molar-refractivity contribution in [1.29, 1.82) is 0 Å². The Hall–Kier alpha value is -9.24. The van der Waals surface area contributed by atoms with Gasteiger partial charge in [0.2, 0.25) is 0 Å². The molecular formula is C120H164N8O9. The molecule has 3 heterocycles. The van der Waals surface area contributed by atoms with Gasteiger partial charge in [-0.05, 0) is 311 Å². The predicted molar refractivity (Wildman–Crippen MR) is 559 cm³/mol. The molecule has 738 valence electrons. The molecule has 8 aromatic carbocycles. The summed E-state index contributed by atoms with van der Waals surface area (Å²) >= 11 is 0. The van der Waals surface area contributed by atoms with Crippen molar-refractivity contribution in [2.24, 2.45) is 0 Å². The van der Waals surface area contributed by atoms with Gasteiger partial charge in [0.1, 0.15) is 0 Å². The summed E-state index contributed by atoms with van der Waals surface area (Å²) in [6.07, 6.45) is 21.6. The minimum Gasteiger partial charge on any atom is -0.379 e. The lowest BCUT2D eigenvalue weighted by atomic mass is 9.62. The molecule has 8 aromatic rings. The second-order valence-corrected chi connectivity index (χ2v) is 42.6. The number of carbonyl (C=O) groups excluding carboxylic acids is 8. The number of likely N-dealkylation sites (tertiary alicyclic amines) is 2. The maximum atomic E-state index is 12.6. The molecule has 0 bridgehead atoms. The van der Waals surface area contributed by atoms with Crippen molar-refractivity contribution in [2.45, 2.75) is 255 Å². The summed E-state index contributed by atoms with van der Waals surface area (Å²) in [5.74, 6) is 2.95. The zero-order chi connectivity index (χ0) is 98.9. The molecule has 10 aliphatic rings. The largest absolute Gasteiger partial charge is 0.379 e. The maximum absolute atomic E-state index is 12.6. The van der Waals surface area contributed by atoms with Crippen molar-refractivity contribution in [2.75, 3.05) is 160 Å². The number of ether oxygens (including phenoxy) is 1. The average molecular weight is 1860 g/mol. The van der Waals surface area contributed by atoms with E-state index < -0.39 is 0 Å². The fraction of sp³-hybridized carbons (Fsp3) is 0.533. The minimum atomic E-state index is -0.379. The second-order valence-electron chi connectivity index (χ2n) is 42.6. The topological polar surface area (TPSA) is 189 Å². The van der Waals surface area contributed by atoms with Gasteiger partial charge in [-0.3, -0.25) is 58.0 Å². The van der Waals surface area contributed by atoms with Gasteiger partial charge in [0, 0.05) is 18.5 Å². The van der Waals surface area contributed by atoms with Crippen LogP contribution in [0.15, 0.2) is 194 Å². The summed E-state index contributed by atoms with van der Waals surface area (Å²) in [6, 6.07) is 67.5. The van der Waals surface area contributed by atoms with Crippen molar-refractivity contribution >= 4 is 46.3 Å². The number of carbonyl (C=O) groups is 8. The molecule has 3 aliphatic heterocycles. The first kappa shape index (κ1) is 108.